The van der Waals surface area contributed by atoms with E-state index in [9.17, 15) is 4.79 Å². The minimum Gasteiger partial charge on any atom is -0.496 e. The molecule has 1 saturated carbocycles. The van der Waals surface area contributed by atoms with Crippen LogP contribution in [-0.2, 0) is 9.53 Å². The number of amides is 1. The summed E-state index contributed by atoms with van der Waals surface area (Å²) < 4.78 is 10.6. The van der Waals surface area contributed by atoms with Crippen LogP contribution >= 0.6 is 0 Å². The van der Waals surface area contributed by atoms with Gasteiger partial charge in [-0.3, -0.25) is 9.69 Å². The van der Waals surface area contributed by atoms with E-state index in [0.717, 1.165) is 57.9 Å². The molecule has 0 aromatic heterocycles. The molecule has 1 aliphatic carbocycles. The van der Waals surface area contributed by atoms with Crippen molar-refractivity contribution in [1.82, 2.24) is 9.80 Å². The highest BCUT2D eigenvalue weighted by atomic mass is 16.5. The minimum absolute atomic E-state index is 0.131. The Morgan fingerprint density at radius 1 is 1.17 bits per heavy atom. The summed E-state index contributed by atoms with van der Waals surface area (Å²) in [5.74, 6) is 1.67. The van der Waals surface area contributed by atoms with Crippen LogP contribution in [0.3, 0.4) is 0 Å². The third-order valence-electron chi connectivity index (χ3n) is 5.16. The summed E-state index contributed by atoms with van der Waals surface area (Å²) in [5, 5.41) is 0. The van der Waals surface area contributed by atoms with Gasteiger partial charge in [0.1, 0.15) is 5.75 Å². The van der Waals surface area contributed by atoms with Gasteiger partial charge in [0.25, 0.3) is 0 Å². The number of hydrogen-bond acceptors (Lipinski definition) is 4. The zero-order chi connectivity index (χ0) is 16.9. The number of carbonyl (C=O) groups excluding carboxylic acids is 1. The molecule has 1 aromatic carbocycles. The Balaban J connectivity index is 1.56. The monoisotopic (exact) mass is 332 g/mol. The van der Waals surface area contributed by atoms with E-state index >= 15 is 0 Å². The first-order valence-corrected chi connectivity index (χ1v) is 8.87. The number of methoxy groups -OCH3 is 2. The van der Waals surface area contributed by atoms with Crippen molar-refractivity contribution in [3.63, 3.8) is 0 Å². The first-order chi connectivity index (χ1) is 11.7. The van der Waals surface area contributed by atoms with Crippen molar-refractivity contribution in [2.75, 3.05) is 53.6 Å². The van der Waals surface area contributed by atoms with Gasteiger partial charge in [0.2, 0.25) is 5.91 Å². The predicted molar refractivity (Wildman–Crippen MR) is 93.4 cm³/mol. The fourth-order valence-corrected chi connectivity index (χ4v) is 3.65. The summed E-state index contributed by atoms with van der Waals surface area (Å²) in [4.78, 5) is 17.3. The van der Waals surface area contributed by atoms with Crippen molar-refractivity contribution >= 4 is 5.91 Å². The first kappa shape index (κ1) is 17.2. The fraction of sp³-hybridized carbons (Fsp3) is 0.632. The van der Waals surface area contributed by atoms with Crippen LogP contribution in [0.2, 0.25) is 0 Å². The standard InChI is InChI=1S/C19H28N2O3/c1-23-13-12-20-8-5-9-21(11-10-20)19(22)17-14-16(17)15-6-3-4-7-18(15)24-2/h3-4,6-7,16-17H,5,8-14H2,1-2H3. The summed E-state index contributed by atoms with van der Waals surface area (Å²) in [5.41, 5.74) is 1.18. The van der Waals surface area contributed by atoms with Gasteiger partial charge in [-0.1, -0.05) is 18.2 Å². The highest BCUT2D eigenvalue weighted by Crippen LogP contribution is 2.51. The molecule has 2 fully saturated rings. The SMILES string of the molecule is COCCN1CCCN(C(=O)C2CC2c2ccccc2OC)CC1. The molecule has 0 radical (unpaired) electrons. The van der Waals surface area contributed by atoms with Gasteiger partial charge < -0.3 is 14.4 Å². The maximum Gasteiger partial charge on any atom is 0.226 e. The molecular weight excluding hydrogens is 304 g/mol. The van der Waals surface area contributed by atoms with Gasteiger partial charge in [0, 0.05) is 39.2 Å². The summed E-state index contributed by atoms with van der Waals surface area (Å²) in [6, 6.07) is 8.07. The second-order valence-electron chi connectivity index (χ2n) is 6.70. The predicted octanol–water partition coefficient (Wildman–Crippen LogP) is 1.98. The maximum absolute atomic E-state index is 12.9. The van der Waals surface area contributed by atoms with Gasteiger partial charge >= 0.3 is 0 Å². The van der Waals surface area contributed by atoms with E-state index in [1.807, 2.05) is 18.2 Å². The summed E-state index contributed by atoms with van der Waals surface area (Å²) in [7, 11) is 3.43. The van der Waals surface area contributed by atoms with Crippen LogP contribution in [-0.4, -0.2) is 69.3 Å². The topological polar surface area (TPSA) is 42.0 Å². The Hall–Kier alpha value is -1.59. The second-order valence-corrected chi connectivity index (χ2v) is 6.70. The van der Waals surface area contributed by atoms with Crippen molar-refractivity contribution in [3.05, 3.63) is 29.8 Å². The van der Waals surface area contributed by atoms with Gasteiger partial charge in [-0.25, -0.2) is 0 Å². The third kappa shape index (κ3) is 3.90. The van der Waals surface area contributed by atoms with Gasteiger partial charge in [-0.2, -0.15) is 0 Å². The average Bonchev–Trinajstić information content (AvgIpc) is 3.43. The lowest BCUT2D eigenvalue weighted by Gasteiger charge is -2.22. The highest BCUT2D eigenvalue weighted by Gasteiger charge is 2.46. The molecule has 1 heterocycles. The van der Waals surface area contributed by atoms with Crippen LogP contribution in [0, 0.1) is 5.92 Å². The molecule has 1 aromatic rings. The maximum atomic E-state index is 12.9. The smallest absolute Gasteiger partial charge is 0.226 e. The zero-order valence-corrected chi connectivity index (χ0v) is 14.7. The lowest BCUT2D eigenvalue weighted by molar-refractivity contribution is -0.132. The number of carbonyl (C=O) groups is 1. The van der Waals surface area contributed by atoms with Crippen molar-refractivity contribution in [2.45, 2.75) is 18.8 Å². The van der Waals surface area contributed by atoms with Crippen LogP contribution in [0.15, 0.2) is 24.3 Å². The lowest BCUT2D eigenvalue weighted by Crippen LogP contribution is -2.37. The third-order valence-corrected chi connectivity index (χ3v) is 5.16. The van der Waals surface area contributed by atoms with E-state index in [0.29, 0.717) is 11.8 Å². The molecular formula is C19H28N2O3. The molecule has 2 unspecified atom stereocenters. The molecule has 1 saturated heterocycles. The largest absolute Gasteiger partial charge is 0.496 e. The van der Waals surface area contributed by atoms with Crippen LogP contribution in [0.5, 0.6) is 5.75 Å². The van der Waals surface area contributed by atoms with E-state index in [1.54, 1.807) is 14.2 Å². The minimum atomic E-state index is 0.131. The molecule has 5 nitrogen and oxygen atoms in total. The number of hydrogen-bond donors (Lipinski definition) is 0. The van der Waals surface area contributed by atoms with Gasteiger partial charge in [0.05, 0.1) is 13.7 Å². The van der Waals surface area contributed by atoms with Crippen LogP contribution in [0.25, 0.3) is 0 Å². The van der Waals surface area contributed by atoms with E-state index in [1.165, 1.54) is 5.56 Å². The Morgan fingerprint density at radius 2 is 2.00 bits per heavy atom. The van der Waals surface area contributed by atoms with Crippen LogP contribution in [0.1, 0.15) is 24.3 Å². The molecule has 1 aliphatic heterocycles. The molecule has 0 bridgehead atoms. The number of ether oxygens (including phenoxy) is 2. The number of para-hydroxylation sites is 1. The van der Waals surface area contributed by atoms with Gasteiger partial charge in [-0.05, 0) is 36.9 Å². The van der Waals surface area contributed by atoms with Gasteiger partial charge in [0.15, 0.2) is 0 Å². The van der Waals surface area contributed by atoms with Crippen molar-refractivity contribution in [3.8, 4) is 5.75 Å². The summed E-state index contributed by atoms with van der Waals surface area (Å²) in [6.07, 6.45) is 1.99. The Morgan fingerprint density at radius 3 is 2.79 bits per heavy atom. The number of nitrogens with zero attached hydrogens (tertiary/aromatic N) is 2. The van der Waals surface area contributed by atoms with E-state index in [-0.39, 0.29) is 5.92 Å². The molecule has 132 valence electrons. The van der Waals surface area contributed by atoms with E-state index in [2.05, 4.69) is 15.9 Å². The van der Waals surface area contributed by atoms with Crippen molar-refractivity contribution in [1.29, 1.82) is 0 Å². The lowest BCUT2D eigenvalue weighted by atomic mass is 10.1. The van der Waals surface area contributed by atoms with Crippen molar-refractivity contribution in [2.24, 2.45) is 5.92 Å². The highest BCUT2D eigenvalue weighted by molar-refractivity contribution is 5.83. The molecule has 24 heavy (non-hydrogen) atoms. The van der Waals surface area contributed by atoms with E-state index in [4.69, 9.17) is 9.47 Å². The van der Waals surface area contributed by atoms with Gasteiger partial charge in [-0.15, -0.1) is 0 Å². The molecule has 2 atom stereocenters. The second kappa shape index (κ2) is 7.99. The van der Waals surface area contributed by atoms with Crippen LogP contribution in [0.4, 0.5) is 0 Å². The Kier molecular flexibility index (Phi) is 5.74. The number of benzene rings is 1. The van der Waals surface area contributed by atoms with Crippen molar-refractivity contribution < 1.29 is 14.3 Å². The summed E-state index contributed by atoms with van der Waals surface area (Å²) in [6.45, 7) is 5.41. The number of rotatable bonds is 6. The molecule has 2 aliphatic rings. The quantitative estimate of drug-likeness (QED) is 0.799. The molecule has 1 amide bonds. The first-order valence-electron chi connectivity index (χ1n) is 8.87. The molecule has 5 heteroatoms. The molecule has 0 N–H and O–H groups in total. The average molecular weight is 332 g/mol. The van der Waals surface area contributed by atoms with E-state index < -0.39 is 0 Å². The Labute approximate surface area is 144 Å². The fourth-order valence-electron chi connectivity index (χ4n) is 3.65. The zero-order valence-electron chi connectivity index (χ0n) is 14.7. The summed E-state index contributed by atoms with van der Waals surface area (Å²) >= 11 is 0. The Bertz CT molecular complexity index is 563. The molecule has 0 spiro atoms. The molecule has 3 rings (SSSR count). The van der Waals surface area contributed by atoms with Crippen LogP contribution < -0.4 is 4.74 Å². The normalized spacial score (nSPS) is 24.5.